The average molecular weight is 263 g/mol. The van der Waals surface area contributed by atoms with Crippen LogP contribution in [0.25, 0.3) is 0 Å². The van der Waals surface area contributed by atoms with Crippen LogP contribution in [0.5, 0.6) is 0 Å². The smallest absolute Gasteiger partial charge is 0.165 e. The maximum atomic E-state index is 4.12. The van der Waals surface area contributed by atoms with Crippen LogP contribution in [-0.4, -0.2) is 26.2 Å². The van der Waals surface area contributed by atoms with Crippen molar-refractivity contribution < 1.29 is 0 Å². The second kappa shape index (κ2) is 5.16. The lowest BCUT2D eigenvalue weighted by Gasteiger charge is -2.12. The summed E-state index contributed by atoms with van der Waals surface area (Å²) in [7, 11) is 0. The van der Waals surface area contributed by atoms with Crippen LogP contribution in [0.4, 0.5) is 0 Å². The van der Waals surface area contributed by atoms with Gasteiger partial charge in [-0.25, -0.2) is 4.68 Å². The fourth-order valence-corrected chi connectivity index (χ4v) is 2.83. The summed E-state index contributed by atoms with van der Waals surface area (Å²) in [6, 6.07) is 5.23. The molecule has 0 aliphatic heterocycles. The Morgan fingerprint density at radius 3 is 3.17 bits per heavy atom. The van der Waals surface area contributed by atoms with E-state index in [0.717, 1.165) is 18.8 Å². The van der Waals surface area contributed by atoms with Crippen molar-refractivity contribution in [3.63, 3.8) is 0 Å². The van der Waals surface area contributed by atoms with E-state index < -0.39 is 0 Å². The van der Waals surface area contributed by atoms with Crippen molar-refractivity contribution in [2.24, 2.45) is 0 Å². The first-order valence-electron chi connectivity index (χ1n) is 6.35. The van der Waals surface area contributed by atoms with E-state index in [0.29, 0.717) is 12.1 Å². The predicted octanol–water partition coefficient (Wildman–Crippen LogP) is 1.79. The van der Waals surface area contributed by atoms with Crippen LogP contribution in [0.3, 0.4) is 0 Å². The van der Waals surface area contributed by atoms with Crippen LogP contribution in [0.15, 0.2) is 17.5 Å². The second-order valence-electron chi connectivity index (χ2n) is 4.83. The average Bonchev–Trinajstić information content (AvgIpc) is 2.88. The maximum absolute atomic E-state index is 4.12. The fourth-order valence-electron chi connectivity index (χ4n) is 2.00. The molecule has 2 aromatic heterocycles. The van der Waals surface area contributed by atoms with Gasteiger partial charge in [-0.15, -0.1) is 16.4 Å². The van der Waals surface area contributed by atoms with Crippen molar-refractivity contribution in [1.29, 1.82) is 0 Å². The number of hydrogen-bond donors (Lipinski definition) is 1. The SMILES string of the molecule is CC(Cc1cccs1)n1nnnc1CNC1CC1. The zero-order chi connectivity index (χ0) is 12.4. The summed E-state index contributed by atoms with van der Waals surface area (Å²) in [6.07, 6.45) is 3.55. The largest absolute Gasteiger partial charge is 0.307 e. The molecule has 5 nitrogen and oxygen atoms in total. The standard InChI is InChI=1S/C12H17N5S/c1-9(7-11-3-2-6-18-11)17-12(14-15-16-17)8-13-10-4-5-10/h2-3,6,9-10,13H,4-5,7-8H2,1H3. The molecule has 0 aromatic carbocycles. The first kappa shape index (κ1) is 11.8. The molecule has 1 aliphatic carbocycles. The molecule has 0 amide bonds. The number of thiophene rings is 1. The summed E-state index contributed by atoms with van der Waals surface area (Å²) in [4.78, 5) is 1.37. The van der Waals surface area contributed by atoms with E-state index in [9.17, 15) is 0 Å². The molecule has 1 aliphatic rings. The zero-order valence-electron chi connectivity index (χ0n) is 10.4. The monoisotopic (exact) mass is 263 g/mol. The Hall–Kier alpha value is -1.27. The van der Waals surface area contributed by atoms with Crippen LogP contribution in [-0.2, 0) is 13.0 Å². The van der Waals surface area contributed by atoms with E-state index in [-0.39, 0.29) is 0 Å². The highest BCUT2D eigenvalue weighted by molar-refractivity contribution is 7.09. The molecule has 1 unspecified atom stereocenters. The number of aromatic nitrogens is 4. The number of nitrogens with one attached hydrogen (secondary N) is 1. The minimum absolute atomic E-state index is 0.301. The van der Waals surface area contributed by atoms with E-state index >= 15 is 0 Å². The molecule has 1 saturated carbocycles. The highest BCUT2D eigenvalue weighted by atomic mass is 32.1. The molecule has 0 spiro atoms. The van der Waals surface area contributed by atoms with Crippen LogP contribution in [0, 0.1) is 0 Å². The molecule has 1 atom stereocenters. The summed E-state index contributed by atoms with van der Waals surface area (Å²) in [5.41, 5.74) is 0. The molecular weight excluding hydrogens is 246 g/mol. The molecule has 3 rings (SSSR count). The van der Waals surface area contributed by atoms with Crippen molar-refractivity contribution in [2.45, 2.75) is 44.8 Å². The van der Waals surface area contributed by atoms with E-state index in [2.05, 4.69) is 45.3 Å². The van der Waals surface area contributed by atoms with E-state index in [1.54, 1.807) is 11.3 Å². The van der Waals surface area contributed by atoms with Gasteiger partial charge in [-0.1, -0.05) is 6.07 Å². The summed E-state index contributed by atoms with van der Waals surface area (Å²) >= 11 is 1.79. The van der Waals surface area contributed by atoms with Gasteiger partial charge in [0.15, 0.2) is 5.82 Å². The van der Waals surface area contributed by atoms with Crippen molar-refractivity contribution in [2.75, 3.05) is 0 Å². The van der Waals surface area contributed by atoms with Crippen LogP contribution in [0.1, 0.15) is 36.5 Å². The summed E-state index contributed by atoms with van der Waals surface area (Å²) in [5.74, 6) is 0.936. The van der Waals surface area contributed by atoms with Crippen LogP contribution >= 0.6 is 11.3 Å². The number of nitrogens with zero attached hydrogens (tertiary/aromatic N) is 4. The van der Waals surface area contributed by atoms with Gasteiger partial charge in [0.1, 0.15) is 0 Å². The van der Waals surface area contributed by atoms with Crippen LogP contribution in [0.2, 0.25) is 0 Å². The summed E-state index contributed by atoms with van der Waals surface area (Å²) < 4.78 is 1.94. The van der Waals surface area contributed by atoms with Crippen molar-refractivity contribution in [3.8, 4) is 0 Å². The first-order chi connectivity index (χ1) is 8.83. The molecule has 0 bridgehead atoms. The Morgan fingerprint density at radius 1 is 1.56 bits per heavy atom. The first-order valence-corrected chi connectivity index (χ1v) is 7.23. The van der Waals surface area contributed by atoms with Crippen molar-refractivity contribution in [1.82, 2.24) is 25.5 Å². The van der Waals surface area contributed by atoms with Crippen molar-refractivity contribution >= 4 is 11.3 Å². The molecule has 1 N–H and O–H groups in total. The zero-order valence-corrected chi connectivity index (χ0v) is 11.2. The number of hydrogen-bond acceptors (Lipinski definition) is 5. The van der Waals surface area contributed by atoms with Gasteiger partial charge in [0, 0.05) is 17.3 Å². The maximum Gasteiger partial charge on any atom is 0.165 e. The third-order valence-corrected chi connectivity index (χ3v) is 4.08. The molecule has 6 heteroatoms. The number of tetrazole rings is 1. The van der Waals surface area contributed by atoms with Gasteiger partial charge >= 0.3 is 0 Å². The Morgan fingerprint density at radius 2 is 2.44 bits per heavy atom. The van der Waals surface area contributed by atoms with Gasteiger partial charge in [0.2, 0.25) is 0 Å². The lowest BCUT2D eigenvalue weighted by atomic mass is 10.2. The highest BCUT2D eigenvalue weighted by Gasteiger charge is 2.22. The highest BCUT2D eigenvalue weighted by Crippen LogP contribution is 2.20. The normalized spacial score (nSPS) is 16.9. The molecular formula is C12H17N5S. The third kappa shape index (κ3) is 2.76. The molecule has 2 aromatic rings. The fraction of sp³-hybridized carbons (Fsp3) is 0.583. The molecule has 1 fully saturated rings. The van der Waals surface area contributed by atoms with Crippen molar-refractivity contribution in [3.05, 3.63) is 28.2 Å². The van der Waals surface area contributed by atoms with E-state index in [1.807, 2.05) is 4.68 Å². The Labute approximate surface area is 110 Å². The lowest BCUT2D eigenvalue weighted by Crippen LogP contribution is -2.21. The van der Waals surface area contributed by atoms with E-state index in [1.165, 1.54) is 17.7 Å². The molecule has 0 radical (unpaired) electrons. The third-order valence-electron chi connectivity index (χ3n) is 3.18. The second-order valence-corrected chi connectivity index (χ2v) is 5.86. The molecule has 96 valence electrons. The lowest BCUT2D eigenvalue weighted by molar-refractivity contribution is 0.450. The van der Waals surface area contributed by atoms with E-state index in [4.69, 9.17) is 0 Å². The number of rotatable bonds is 6. The Bertz CT molecular complexity index is 488. The minimum atomic E-state index is 0.301. The van der Waals surface area contributed by atoms with Gasteiger partial charge in [0.25, 0.3) is 0 Å². The predicted molar refractivity (Wildman–Crippen MR) is 70.4 cm³/mol. The molecule has 2 heterocycles. The Kier molecular flexibility index (Phi) is 3.38. The van der Waals surface area contributed by atoms with Gasteiger partial charge < -0.3 is 5.32 Å². The molecule has 0 saturated heterocycles. The molecule has 18 heavy (non-hydrogen) atoms. The summed E-state index contributed by atoms with van der Waals surface area (Å²) in [5, 5.41) is 17.6. The van der Waals surface area contributed by atoms with Gasteiger partial charge in [0.05, 0.1) is 12.6 Å². The van der Waals surface area contributed by atoms with Crippen LogP contribution < -0.4 is 5.32 Å². The van der Waals surface area contributed by atoms with Gasteiger partial charge in [-0.3, -0.25) is 0 Å². The quantitative estimate of drug-likeness (QED) is 0.863. The topological polar surface area (TPSA) is 55.6 Å². The minimum Gasteiger partial charge on any atom is -0.307 e. The van der Waals surface area contributed by atoms with Gasteiger partial charge in [-0.05, 0) is 41.6 Å². The summed E-state index contributed by atoms with van der Waals surface area (Å²) in [6.45, 7) is 2.93. The van der Waals surface area contributed by atoms with Gasteiger partial charge in [-0.2, -0.15) is 0 Å². The Balaban J connectivity index is 1.64.